The molecule has 0 saturated heterocycles. The van der Waals surface area contributed by atoms with E-state index in [1.165, 1.54) is 17.3 Å². The van der Waals surface area contributed by atoms with Gasteiger partial charge in [-0.15, -0.1) is 21.8 Å². The van der Waals surface area contributed by atoms with Crippen LogP contribution in [0.25, 0.3) is 0 Å². The fourth-order valence-electron chi connectivity index (χ4n) is 1.45. The summed E-state index contributed by atoms with van der Waals surface area (Å²) in [4.78, 5) is 23.2. The Kier molecular flexibility index (Phi) is 4.67. The van der Waals surface area contributed by atoms with Crippen molar-refractivity contribution in [2.45, 2.75) is 6.42 Å². The summed E-state index contributed by atoms with van der Waals surface area (Å²) in [5.41, 5.74) is 3.63. The highest BCUT2D eigenvalue weighted by Crippen LogP contribution is 2.10. The van der Waals surface area contributed by atoms with Crippen LogP contribution in [-0.4, -0.2) is 32.6 Å². The third kappa shape index (κ3) is 3.79. The first-order valence-corrected chi connectivity index (χ1v) is 6.34. The van der Waals surface area contributed by atoms with Gasteiger partial charge in [0.15, 0.2) is 0 Å². The topological polar surface area (TPSA) is 88.9 Å². The number of rotatable bonds is 5. The number of amides is 2. The molecule has 7 nitrogen and oxygen atoms in total. The lowest BCUT2D eigenvalue weighted by molar-refractivity contribution is -0.115. The first-order valence-electron chi connectivity index (χ1n) is 5.81. The Morgan fingerprint density at radius 1 is 1.15 bits per heavy atom. The third-order valence-corrected chi connectivity index (χ3v) is 2.59. The van der Waals surface area contributed by atoms with Gasteiger partial charge in [-0.25, -0.2) is 4.68 Å². The average Bonchev–Trinajstić information content (AvgIpc) is 2.92. The number of nitrogens with one attached hydrogen (secondary N) is 2. The van der Waals surface area contributed by atoms with E-state index in [-0.39, 0.29) is 24.1 Å². The molecule has 0 atom stereocenters. The van der Waals surface area contributed by atoms with Crippen LogP contribution in [0.2, 0.25) is 0 Å². The number of hydrogen-bond acceptors (Lipinski definition) is 4. The number of halogens is 1. The van der Waals surface area contributed by atoms with Gasteiger partial charge in [0.25, 0.3) is 5.91 Å². The monoisotopic (exact) mass is 293 g/mol. The molecule has 0 fully saturated rings. The number of hydrogen-bond donors (Lipinski definition) is 2. The van der Waals surface area contributed by atoms with Gasteiger partial charge in [-0.05, 0) is 24.3 Å². The van der Waals surface area contributed by atoms with Crippen molar-refractivity contribution in [2.75, 3.05) is 16.6 Å². The van der Waals surface area contributed by atoms with Gasteiger partial charge in [0.1, 0.15) is 12.7 Å². The highest BCUT2D eigenvalue weighted by Gasteiger charge is 2.07. The Morgan fingerprint density at radius 2 is 1.80 bits per heavy atom. The zero-order valence-electron chi connectivity index (χ0n) is 10.4. The minimum Gasteiger partial charge on any atom is -0.326 e. The van der Waals surface area contributed by atoms with Crippen molar-refractivity contribution in [3.8, 4) is 0 Å². The van der Waals surface area contributed by atoms with Crippen LogP contribution >= 0.6 is 11.6 Å². The summed E-state index contributed by atoms with van der Waals surface area (Å²) in [5, 5.41) is 9.82. The van der Waals surface area contributed by atoms with Gasteiger partial charge in [0, 0.05) is 23.6 Å². The van der Waals surface area contributed by atoms with E-state index >= 15 is 0 Å². The summed E-state index contributed by atoms with van der Waals surface area (Å²) in [6, 6.07) is 6.51. The number of aromatic nitrogens is 3. The van der Waals surface area contributed by atoms with Crippen LogP contribution < -0.4 is 10.7 Å². The average molecular weight is 294 g/mol. The molecule has 8 heteroatoms. The largest absolute Gasteiger partial charge is 0.326 e. The molecule has 104 valence electrons. The van der Waals surface area contributed by atoms with Crippen LogP contribution in [0.15, 0.2) is 36.9 Å². The van der Waals surface area contributed by atoms with Crippen LogP contribution in [-0.2, 0) is 4.79 Å². The van der Waals surface area contributed by atoms with E-state index in [0.717, 1.165) is 0 Å². The van der Waals surface area contributed by atoms with Crippen LogP contribution in [0.4, 0.5) is 5.69 Å². The highest BCUT2D eigenvalue weighted by atomic mass is 35.5. The lowest BCUT2D eigenvalue weighted by Crippen LogP contribution is -2.21. The van der Waals surface area contributed by atoms with Crippen molar-refractivity contribution in [1.29, 1.82) is 0 Å². The van der Waals surface area contributed by atoms with E-state index in [2.05, 4.69) is 20.9 Å². The van der Waals surface area contributed by atoms with Crippen molar-refractivity contribution in [1.82, 2.24) is 14.9 Å². The number of nitrogens with zero attached hydrogens (tertiary/aromatic N) is 3. The molecule has 0 unspecified atom stereocenters. The molecule has 1 aromatic carbocycles. The standard InChI is InChI=1S/C12H12ClN5O2/c13-6-5-11(19)16-10-3-1-9(2-4-10)12(20)17-18-7-14-15-8-18/h1-4,7-8H,5-6H2,(H,16,19)(H,17,20). The van der Waals surface area contributed by atoms with Crippen molar-refractivity contribution in [3.63, 3.8) is 0 Å². The molecule has 2 aromatic rings. The Bertz CT molecular complexity index is 582. The molecule has 0 aliphatic rings. The van der Waals surface area contributed by atoms with Gasteiger partial charge in [-0.1, -0.05) is 0 Å². The number of benzene rings is 1. The van der Waals surface area contributed by atoms with Crippen LogP contribution in [0.1, 0.15) is 16.8 Å². The molecular formula is C12H12ClN5O2. The van der Waals surface area contributed by atoms with E-state index in [1.807, 2.05) is 0 Å². The van der Waals surface area contributed by atoms with Gasteiger partial charge in [0.2, 0.25) is 5.91 Å². The quantitative estimate of drug-likeness (QED) is 0.812. The van der Waals surface area contributed by atoms with Gasteiger partial charge >= 0.3 is 0 Å². The maximum absolute atomic E-state index is 11.9. The smallest absolute Gasteiger partial charge is 0.270 e. The maximum atomic E-state index is 11.9. The van der Waals surface area contributed by atoms with Crippen LogP contribution in [0.5, 0.6) is 0 Å². The minimum atomic E-state index is -0.302. The van der Waals surface area contributed by atoms with Crippen LogP contribution in [0, 0.1) is 0 Å². The summed E-state index contributed by atoms with van der Waals surface area (Å²) in [6.45, 7) is 0. The van der Waals surface area contributed by atoms with Gasteiger partial charge in [0.05, 0.1) is 0 Å². The molecule has 0 bridgehead atoms. The molecular weight excluding hydrogens is 282 g/mol. The summed E-state index contributed by atoms with van der Waals surface area (Å²) in [7, 11) is 0. The molecule has 1 heterocycles. The van der Waals surface area contributed by atoms with E-state index in [1.54, 1.807) is 24.3 Å². The molecule has 0 saturated carbocycles. The molecule has 2 N–H and O–H groups in total. The molecule has 0 aliphatic carbocycles. The molecule has 2 rings (SSSR count). The number of alkyl halides is 1. The third-order valence-electron chi connectivity index (χ3n) is 2.40. The second-order valence-electron chi connectivity index (χ2n) is 3.87. The molecule has 0 radical (unpaired) electrons. The predicted octanol–water partition coefficient (Wildman–Crippen LogP) is 1.23. The van der Waals surface area contributed by atoms with Crippen molar-refractivity contribution >= 4 is 29.1 Å². The Labute approximate surface area is 119 Å². The van der Waals surface area contributed by atoms with E-state index in [9.17, 15) is 9.59 Å². The van der Waals surface area contributed by atoms with Gasteiger partial charge in [-0.2, -0.15) is 0 Å². The summed E-state index contributed by atoms with van der Waals surface area (Å²) in [5.74, 6) is -0.198. The molecule has 20 heavy (non-hydrogen) atoms. The van der Waals surface area contributed by atoms with Gasteiger partial charge in [-0.3, -0.25) is 15.0 Å². The minimum absolute atomic E-state index is 0.165. The number of anilines is 1. The lowest BCUT2D eigenvalue weighted by atomic mass is 10.2. The Hall–Kier alpha value is -2.41. The van der Waals surface area contributed by atoms with Crippen molar-refractivity contribution in [3.05, 3.63) is 42.5 Å². The van der Waals surface area contributed by atoms with Crippen LogP contribution in [0.3, 0.4) is 0 Å². The Balaban J connectivity index is 1.97. The van der Waals surface area contributed by atoms with Gasteiger partial charge < -0.3 is 5.32 Å². The summed E-state index contributed by atoms with van der Waals surface area (Å²) < 4.78 is 1.35. The van der Waals surface area contributed by atoms with E-state index < -0.39 is 0 Å². The first kappa shape index (κ1) is 14.0. The van der Waals surface area contributed by atoms with Crippen molar-refractivity contribution in [2.24, 2.45) is 0 Å². The van der Waals surface area contributed by atoms with E-state index in [0.29, 0.717) is 11.3 Å². The van der Waals surface area contributed by atoms with E-state index in [4.69, 9.17) is 11.6 Å². The number of carbonyl (C=O) groups excluding carboxylic acids is 2. The normalized spacial score (nSPS) is 10.1. The SMILES string of the molecule is O=C(CCCl)Nc1ccc(C(=O)Nn2cnnc2)cc1. The molecule has 0 spiro atoms. The predicted molar refractivity (Wildman–Crippen MR) is 74.1 cm³/mol. The summed E-state index contributed by atoms with van der Waals surface area (Å²) in [6.07, 6.45) is 2.99. The zero-order valence-corrected chi connectivity index (χ0v) is 11.2. The lowest BCUT2D eigenvalue weighted by Gasteiger charge is -2.07. The Morgan fingerprint density at radius 3 is 2.40 bits per heavy atom. The highest BCUT2D eigenvalue weighted by molar-refractivity contribution is 6.19. The maximum Gasteiger partial charge on any atom is 0.270 e. The molecule has 0 aliphatic heterocycles. The van der Waals surface area contributed by atoms with Crippen molar-refractivity contribution < 1.29 is 9.59 Å². The zero-order chi connectivity index (χ0) is 14.4. The fraction of sp³-hybridized carbons (Fsp3) is 0.167. The second kappa shape index (κ2) is 6.67. The molecule has 2 amide bonds. The molecule has 1 aromatic heterocycles. The second-order valence-corrected chi connectivity index (χ2v) is 4.25. The first-order chi connectivity index (χ1) is 9.69. The number of carbonyl (C=O) groups is 2. The fourth-order valence-corrected chi connectivity index (χ4v) is 1.63. The summed E-state index contributed by atoms with van der Waals surface area (Å²) >= 11 is 5.47.